The monoisotopic (exact) mass is 343 g/mol. The molecule has 3 rings (SSSR count). The molecule has 1 aliphatic heterocycles. The molecule has 1 N–H and O–H groups in total. The number of ether oxygens (including phenoxy) is 1. The molecule has 0 radical (unpaired) electrons. The van der Waals surface area contributed by atoms with Crippen molar-refractivity contribution >= 4 is 11.7 Å². The van der Waals surface area contributed by atoms with Crippen molar-refractivity contribution in [2.24, 2.45) is 0 Å². The average Bonchev–Trinajstić information content (AvgIpc) is 3.19. The number of hydrogen-bond donors (Lipinski definition) is 1. The fourth-order valence-corrected chi connectivity index (χ4v) is 3.51. The molecule has 6 nitrogen and oxygen atoms in total. The highest BCUT2D eigenvalue weighted by molar-refractivity contribution is 5.69. The lowest BCUT2D eigenvalue weighted by molar-refractivity contribution is -0.136. The van der Waals surface area contributed by atoms with Gasteiger partial charge in [-0.2, -0.15) is 0 Å². The van der Waals surface area contributed by atoms with Gasteiger partial charge < -0.3 is 19.3 Å². The lowest BCUT2D eigenvalue weighted by Gasteiger charge is -2.27. The van der Waals surface area contributed by atoms with E-state index in [-0.39, 0.29) is 18.4 Å². The van der Waals surface area contributed by atoms with Crippen LogP contribution in [0.1, 0.15) is 38.2 Å². The van der Waals surface area contributed by atoms with Gasteiger partial charge in [-0.25, -0.2) is 4.98 Å². The zero-order chi connectivity index (χ0) is 17.8. The molecule has 1 aliphatic rings. The molecular formula is C19H25N3O3. The Hall–Kier alpha value is -2.50. The molecule has 0 saturated carbocycles. The lowest BCUT2D eigenvalue weighted by Crippen LogP contribution is -2.34. The van der Waals surface area contributed by atoms with E-state index in [0.717, 1.165) is 24.4 Å². The third-order valence-electron chi connectivity index (χ3n) is 4.79. The van der Waals surface area contributed by atoms with Gasteiger partial charge in [0, 0.05) is 43.1 Å². The molecule has 1 aromatic heterocycles. The van der Waals surface area contributed by atoms with Crippen LogP contribution in [0.4, 0.5) is 5.69 Å². The Kier molecular flexibility index (Phi) is 5.26. The van der Waals surface area contributed by atoms with E-state index in [1.807, 2.05) is 18.6 Å². The predicted octanol–water partition coefficient (Wildman–Crippen LogP) is 3.14. The van der Waals surface area contributed by atoms with Gasteiger partial charge in [0.05, 0.1) is 19.4 Å². The Morgan fingerprint density at radius 2 is 2.24 bits per heavy atom. The molecule has 0 amide bonds. The van der Waals surface area contributed by atoms with Crippen molar-refractivity contribution in [3.63, 3.8) is 0 Å². The lowest BCUT2D eigenvalue weighted by atomic mass is 9.95. The van der Waals surface area contributed by atoms with Crippen molar-refractivity contribution in [2.45, 2.75) is 45.2 Å². The van der Waals surface area contributed by atoms with Crippen LogP contribution in [0.2, 0.25) is 0 Å². The highest BCUT2D eigenvalue weighted by atomic mass is 16.5. The fraction of sp³-hybridized carbons (Fsp3) is 0.474. The first-order valence-corrected chi connectivity index (χ1v) is 8.81. The van der Waals surface area contributed by atoms with E-state index in [1.165, 1.54) is 5.56 Å². The molecule has 6 heteroatoms. The normalized spacial score (nSPS) is 19.0. The van der Waals surface area contributed by atoms with Gasteiger partial charge in [0.1, 0.15) is 5.75 Å². The first kappa shape index (κ1) is 17.3. The standard InChI is InChI=1S/C19H25N3O3/c1-3-10-25-15-4-5-18-16(11-15)17(12-21-9-7-20-13-21)14(2)22(18)8-6-19(23)24/h4-5,7,9,11,13-14,17H,3,6,8,10,12H2,1-2H3,(H,23,24). The molecule has 0 saturated heterocycles. The van der Waals surface area contributed by atoms with Crippen LogP contribution in [-0.2, 0) is 11.3 Å². The summed E-state index contributed by atoms with van der Waals surface area (Å²) in [5, 5.41) is 9.06. The average molecular weight is 343 g/mol. The van der Waals surface area contributed by atoms with Gasteiger partial charge in [0.2, 0.25) is 0 Å². The van der Waals surface area contributed by atoms with Gasteiger partial charge >= 0.3 is 5.97 Å². The molecule has 0 spiro atoms. The van der Waals surface area contributed by atoms with Crippen LogP contribution in [0.5, 0.6) is 5.75 Å². The van der Waals surface area contributed by atoms with E-state index in [4.69, 9.17) is 9.84 Å². The first-order valence-electron chi connectivity index (χ1n) is 8.81. The van der Waals surface area contributed by atoms with Crippen molar-refractivity contribution in [1.82, 2.24) is 9.55 Å². The van der Waals surface area contributed by atoms with Gasteiger partial charge in [-0.15, -0.1) is 0 Å². The second kappa shape index (κ2) is 7.59. The minimum Gasteiger partial charge on any atom is -0.494 e. The van der Waals surface area contributed by atoms with Crippen LogP contribution in [0, 0.1) is 0 Å². The summed E-state index contributed by atoms with van der Waals surface area (Å²) in [6.07, 6.45) is 6.67. The molecule has 2 atom stereocenters. The molecule has 1 aromatic carbocycles. The molecule has 0 aliphatic carbocycles. The third kappa shape index (κ3) is 3.78. The Labute approximate surface area is 148 Å². The summed E-state index contributed by atoms with van der Waals surface area (Å²) >= 11 is 0. The number of carbonyl (C=O) groups is 1. The van der Waals surface area contributed by atoms with Crippen LogP contribution in [0.15, 0.2) is 36.9 Å². The van der Waals surface area contributed by atoms with Crippen molar-refractivity contribution in [3.05, 3.63) is 42.5 Å². The van der Waals surface area contributed by atoms with Gasteiger partial charge in [-0.05, 0) is 37.1 Å². The summed E-state index contributed by atoms with van der Waals surface area (Å²) in [4.78, 5) is 17.4. The van der Waals surface area contributed by atoms with Crippen molar-refractivity contribution in [1.29, 1.82) is 0 Å². The fourth-order valence-electron chi connectivity index (χ4n) is 3.51. The number of fused-ring (bicyclic) bond motifs is 1. The van der Waals surface area contributed by atoms with Crippen molar-refractivity contribution < 1.29 is 14.6 Å². The van der Waals surface area contributed by atoms with Crippen LogP contribution in [0.25, 0.3) is 0 Å². The molecule has 2 heterocycles. The maximum atomic E-state index is 11.0. The summed E-state index contributed by atoms with van der Waals surface area (Å²) in [6.45, 7) is 6.28. The molecule has 134 valence electrons. The number of anilines is 1. The van der Waals surface area contributed by atoms with Crippen molar-refractivity contribution in [3.8, 4) is 5.75 Å². The molecular weight excluding hydrogens is 318 g/mol. The van der Waals surface area contributed by atoms with E-state index in [2.05, 4.69) is 40.4 Å². The van der Waals surface area contributed by atoms with E-state index < -0.39 is 5.97 Å². The topological polar surface area (TPSA) is 67.6 Å². The minimum absolute atomic E-state index is 0.135. The third-order valence-corrected chi connectivity index (χ3v) is 4.79. The minimum atomic E-state index is -0.769. The number of rotatable bonds is 8. The molecule has 25 heavy (non-hydrogen) atoms. The quantitative estimate of drug-likeness (QED) is 0.797. The molecule has 0 fully saturated rings. The van der Waals surface area contributed by atoms with E-state index in [0.29, 0.717) is 13.2 Å². The maximum Gasteiger partial charge on any atom is 0.305 e. The molecule has 2 aromatic rings. The Bertz CT molecular complexity index is 715. The predicted molar refractivity (Wildman–Crippen MR) is 96.3 cm³/mol. The Balaban J connectivity index is 1.89. The van der Waals surface area contributed by atoms with Crippen LogP contribution in [0.3, 0.4) is 0 Å². The van der Waals surface area contributed by atoms with Crippen LogP contribution >= 0.6 is 0 Å². The van der Waals surface area contributed by atoms with E-state index in [1.54, 1.807) is 6.20 Å². The summed E-state index contributed by atoms with van der Waals surface area (Å²) in [5.74, 6) is 0.376. The second-order valence-corrected chi connectivity index (χ2v) is 6.51. The summed E-state index contributed by atoms with van der Waals surface area (Å²) < 4.78 is 7.88. The van der Waals surface area contributed by atoms with E-state index >= 15 is 0 Å². The number of carboxylic acids is 1. The Morgan fingerprint density at radius 3 is 2.92 bits per heavy atom. The van der Waals surface area contributed by atoms with E-state index in [9.17, 15) is 4.79 Å². The number of imidazole rings is 1. The van der Waals surface area contributed by atoms with Crippen LogP contribution in [-0.4, -0.2) is 39.8 Å². The summed E-state index contributed by atoms with van der Waals surface area (Å²) in [7, 11) is 0. The number of carboxylic acid groups (broad SMARTS) is 1. The van der Waals surface area contributed by atoms with Gasteiger partial charge in [0.15, 0.2) is 0 Å². The number of hydrogen-bond acceptors (Lipinski definition) is 4. The Morgan fingerprint density at radius 1 is 1.40 bits per heavy atom. The second-order valence-electron chi connectivity index (χ2n) is 6.51. The van der Waals surface area contributed by atoms with Gasteiger partial charge in [-0.3, -0.25) is 4.79 Å². The highest BCUT2D eigenvalue weighted by Gasteiger charge is 2.36. The van der Waals surface area contributed by atoms with Gasteiger partial charge in [0.25, 0.3) is 0 Å². The largest absolute Gasteiger partial charge is 0.494 e. The molecule has 0 bridgehead atoms. The van der Waals surface area contributed by atoms with Crippen molar-refractivity contribution in [2.75, 3.05) is 18.1 Å². The summed E-state index contributed by atoms with van der Waals surface area (Å²) in [5.41, 5.74) is 2.34. The van der Waals surface area contributed by atoms with Gasteiger partial charge in [-0.1, -0.05) is 6.92 Å². The van der Waals surface area contributed by atoms with Crippen LogP contribution < -0.4 is 9.64 Å². The maximum absolute atomic E-state index is 11.0. The number of aromatic nitrogens is 2. The smallest absolute Gasteiger partial charge is 0.305 e. The summed E-state index contributed by atoms with van der Waals surface area (Å²) in [6, 6.07) is 6.38. The number of nitrogens with zero attached hydrogens (tertiary/aromatic N) is 3. The first-order chi connectivity index (χ1) is 12.1. The SMILES string of the molecule is CCCOc1ccc2c(c1)C(Cn1ccnc1)C(C)N2CCC(=O)O. The number of benzene rings is 1. The zero-order valence-corrected chi connectivity index (χ0v) is 14.8. The molecule has 2 unspecified atom stereocenters. The zero-order valence-electron chi connectivity index (χ0n) is 14.8. The highest BCUT2D eigenvalue weighted by Crippen LogP contribution is 2.43. The number of aliphatic carboxylic acids is 1.